The summed E-state index contributed by atoms with van der Waals surface area (Å²) in [6.45, 7) is 8.75. The Morgan fingerprint density at radius 3 is 2.65 bits per heavy atom. The number of allylic oxidation sites excluding steroid dienone is 4. The Hall–Kier alpha value is -1.22. The van der Waals surface area contributed by atoms with E-state index in [0.717, 1.165) is 11.4 Å². The van der Waals surface area contributed by atoms with Gasteiger partial charge in [-0.25, -0.2) is 0 Å². The molecule has 20 heavy (non-hydrogen) atoms. The monoisotopic (exact) mass is 295 g/mol. The summed E-state index contributed by atoms with van der Waals surface area (Å²) in [5.41, 5.74) is 3.04. The molecule has 0 saturated carbocycles. The fourth-order valence-electron chi connectivity index (χ4n) is 1.69. The van der Waals surface area contributed by atoms with E-state index < -0.39 is 5.97 Å². The zero-order chi connectivity index (χ0) is 15.4. The normalized spacial score (nSPS) is 22.9. The second-order valence-electron chi connectivity index (χ2n) is 3.71. The minimum atomic E-state index is -0.756. The molecule has 3 nitrogen and oxygen atoms in total. The van der Waals surface area contributed by atoms with Crippen LogP contribution in [-0.4, -0.2) is 28.9 Å². The molecule has 1 heterocycles. The van der Waals surface area contributed by atoms with E-state index in [-0.39, 0.29) is 6.04 Å². The van der Waals surface area contributed by atoms with Gasteiger partial charge in [0.15, 0.2) is 0 Å². The zero-order valence-electron chi connectivity index (χ0n) is 12.7. The summed E-state index contributed by atoms with van der Waals surface area (Å²) < 4.78 is 0. The molecule has 0 radical (unpaired) electrons. The largest absolute Gasteiger partial charge is 0.480 e. The van der Waals surface area contributed by atoms with Crippen LogP contribution < -0.4 is 5.32 Å². The van der Waals surface area contributed by atoms with E-state index in [1.807, 2.05) is 58.1 Å². The second-order valence-corrected chi connectivity index (χ2v) is 5.08. The minimum Gasteiger partial charge on any atom is -0.480 e. The molecule has 0 aromatic carbocycles. The van der Waals surface area contributed by atoms with Gasteiger partial charge in [0.25, 0.3) is 0 Å². The average molecular weight is 295 g/mol. The summed E-state index contributed by atoms with van der Waals surface area (Å²) in [6.07, 6.45) is 10.4. The highest BCUT2D eigenvalue weighted by Gasteiger charge is 2.29. The van der Waals surface area contributed by atoms with Crippen LogP contribution >= 0.6 is 11.8 Å². The lowest BCUT2D eigenvalue weighted by molar-refractivity contribution is -0.139. The third-order valence-electron chi connectivity index (χ3n) is 2.48. The molecule has 0 aromatic heterocycles. The van der Waals surface area contributed by atoms with Crippen molar-refractivity contribution in [3.63, 3.8) is 0 Å². The summed E-state index contributed by atoms with van der Waals surface area (Å²) in [6, 6.07) is -0.390. The van der Waals surface area contributed by atoms with Crippen LogP contribution in [0.3, 0.4) is 0 Å². The first kappa shape index (κ1) is 18.8. The SMILES string of the molecule is CC.CC.O=C(O)[C@@H]1C[C@H](SC2=CC=CC=C=C2)CN1. The lowest BCUT2D eigenvalue weighted by Crippen LogP contribution is -2.29. The van der Waals surface area contributed by atoms with Crippen molar-refractivity contribution < 1.29 is 9.90 Å². The summed E-state index contributed by atoms with van der Waals surface area (Å²) in [7, 11) is 0. The first-order valence-corrected chi connectivity index (χ1v) is 8.06. The van der Waals surface area contributed by atoms with E-state index in [9.17, 15) is 4.79 Å². The molecule has 112 valence electrons. The van der Waals surface area contributed by atoms with Crippen molar-refractivity contribution in [2.45, 2.75) is 45.4 Å². The van der Waals surface area contributed by atoms with Gasteiger partial charge in [-0.05, 0) is 24.6 Å². The Balaban J connectivity index is 0.000000829. The molecule has 2 atom stereocenters. The number of carboxylic acid groups (broad SMARTS) is 1. The summed E-state index contributed by atoms with van der Waals surface area (Å²) in [5.74, 6) is -0.756. The number of hydrogen-bond donors (Lipinski definition) is 2. The molecule has 2 aliphatic rings. The molecule has 0 aromatic rings. The molecule has 2 rings (SSSR count). The van der Waals surface area contributed by atoms with Crippen molar-refractivity contribution in [2.24, 2.45) is 0 Å². The van der Waals surface area contributed by atoms with E-state index in [1.54, 1.807) is 11.8 Å². The highest BCUT2D eigenvalue weighted by Crippen LogP contribution is 2.29. The molecule has 0 unspecified atom stereocenters. The smallest absolute Gasteiger partial charge is 0.320 e. The fraction of sp³-hybridized carbons (Fsp3) is 0.500. The number of carbonyl (C=O) groups is 1. The van der Waals surface area contributed by atoms with Crippen LogP contribution in [0.4, 0.5) is 0 Å². The van der Waals surface area contributed by atoms with Gasteiger partial charge >= 0.3 is 5.97 Å². The molecule has 2 N–H and O–H groups in total. The number of carboxylic acids is 1. The molecule has 0 amide bonds. The predicted octanol–water partition coefficient (Wildman–Crippen LogP) is 3.75. The van der Waals surface area contributed by atoms with Crippen molar-refractivity contribution in [1.29, 1.82) is 0 Å². The Labute approximate surface area is 126 Å². The summed E-state index contributed by atoms with van der Waals surface area (Å²) in [4.78, 5) is 11.9. The third kappa shape index (κ3) is 6.80. The Bertz CT molecular complexity index is 407. The van der Waals surface area contributed by atoms with Crippen molar-refractivity contribution in [1.82, 2.24) is 5.32 Å². The van der Waals surface area contributed by atoms with Gasteiger partial charge in [-0.1, -0.05) is 39.8 Å². The van der Waals surface area contributed by atoms with Crippen molar-refractivity contribution in [2.75, 3.05) is 6.54 Å². The van der Waals surface area contributed by atoms with Crippen LogP contribution in [0.15, 0.2) is 41.0 Å². The van der Waals surface area contributed by atoms with E-state index >= 15 is 0 Å². The van der Waals surface area contributed by atoms with Gasteiger partial charge in [-0.3, -0.25) is 4.79 Å². The second kappa shape index (κ2) is 11.6. The maximum absolute atomic E-state index is 10.8. The molecular weight excluding hydrogens is 270 g/mol. The van der Waals surface area contributed by atoms with E-state index in [4.69, 9.17) is 5.11 Å². The molecular formula is C16H25NO2S. The first-order chi connectivity index (χ1) is 9.75. The van der Waals surface area contributed by atoms with Gasteiger partial charge in [-0.2, -0.15) is 0 Å². The lowest BCUT2D eigenvalue weighted by atomic mass is 10.2. The number of rotatable bonds is 3. The Morgan fingerprint density at radius 2 is 2.05 bits per heavy atom. The first-order valence-electron chi connectivity index (χ1n) is 7.18. The van der Waals surface area contributed by atoms with Crippen LogP contribution in [-0.2, 0) is 4.79 Å². The Kier molecular flexibility index (Phi) is 10.9. The topological polar surface area (TPSA) is 49.3 Å². The standard InChI is InChI=1S/C12H13NO2S.2C2H6/c14-12(15)11-7-10(8-13-11)16-9-5-3-1-2-4-6-9;2*1-2/h1-3,5-6,10-11,13H,7-8H2,(H,14,15);2*1-2H3/t10-,11-;;/m0../s1. The number of nitrogens with one attached hydrogen (secondary N) is 1. The van der Waals surface area contributed by atoms with Gasteiger partial charge in [0.2, 0.25) is 0 Å². The molecule has 1 saturated heterocycles. The van der Waals surface area contributed by atoms with E-state index in [2.05, 4.69) is 11.0 Å². The van der Waals surface area contributed by atoms with Crippen LogP contribution in [0.5, 0.6) is 0 Å². The number of hydrogen-bond acceptors (Lipinski definition) is 3. The molecule has 0 spiro atoms. The average Bonchev–Trinajstić information content (AvgIpc) is 2.80. The maximum Gasteiger partial charge on any atom is 0.320 e. The molecule has 1 aliphatic carbocycles. The van der Waals surface area contributed by atoms with Crippen LogP contribution in [0.2, 0.25) is 0 Å². The van der Waals surface area contributed by atoms with Crippen LogP contribution in [0, 0.1) is 0 Å². The number of aliphatic carboxylic acids is 1. The van der Waals surface area contributed by atoms with Crippen LogP contribution in [0.1, 0.15) is 34.1 Å². The van der Waals surface area contributed by atoms with E-state index in [1.165, 1.54) is 0 Å². The van der Waals surface area contributed by atoms with Gasteiger partial charge in [0, 0.05) is 16.7 Å². The van der Waals surface area contributed by atoms with Crippen molar-refractivity contribution >= 4 is 17.7 Å². The predicted molar refractivity (Wildman–Crippen MR) is 88.0 cm³/mol. The highest BCUT2D eigenvalue weighted by molar-refractivity contribution is 8.03. The number of thioether (sulfide) groups is 1. The molecule has 4 heteroatoms. The minimum absolute atomic E-state index is 0.330. The van der Waals surface area contributed by atoms with Gasteiger partial charge < -0.3 is 10.4 Å². The molecule has 0 bridgehead atoms. The van der Waals surface area contributed by atoms with Gasteiger partial charge in [0.05, 0.1) is 0 Å². The van der Waals surface area contributed by atoms with Crippen molar-refractivity contribution in [3.8, 4) is 0 Å². The van der Waals surface area contributed by atoms with Gasteiger partial charge in [0.1, 0.15) is 6.04 Å². The zero-order valence-corrected chi connectivity index (χ0v) is 13.5. The Morgan fingerprint density at radius 1 is 1.35 bits per heavy atom. The van der Waals surface area contributed by atoms with Crippen LogP contribution in [0.25, 0.3) is 0 Å². The fourth-order valence-corrected chi connectivity index (χ4v) is 2.83. The maximum atomic E-state index is 10.8. The third-order valence-corrected chi connectivity index (χ3v) is 3.70. The van der Waals surface area contributed by atoms with Gasteiger partial charge in [-0.15, -0.1) is 17.5 Å². The van der Waals surface area contributed by atoms with E-state index in [0.29, 0.717) is 11.7 Å². The molecule has 1 fully saturated rings. The quantitative estimate of drug-likeness (QED) is 0.779. The lowest BCUT2D eigenvalue weighted by Gasteiger charge is -2.07. The van der Waals surface area contributed by atoms with Crippen molar-refractivity contribution in [3.05, 3.63) is 41.0 Å². The summed E-state index contributed by atoms with van der Waals surface area (Å²) in [5, 5.41) is 12.2. The molecule has 1 aliphatic heterocycles. The highest BCUT2D eigenvalue weighted by atomic mass is 32.2. The summed E-state index contributed by atoms with van der Waals surface area (Å²) >= 11 is 1.71.